The molecule has 1 atom stereocenters. The van der Waals surface area contributed by atoms with Gasteiger partial charge >= 0.3 is 11.7 Å². The van der Waals surface area contributed by atoms with E-state index in [9.17, 15) is 24.8 Å². The van der Waals surface area contributed by atoms with Crippen molar-refractivity contribution in [2.45, 2.75) is 33.7 Å². The maximum atomic E-state index is 13.9. The number of carbonyl (C=O) groups is 1. The summed E-state index contributed by atoms with van der Waals surface area (Å²) in [6, 6.07) is 7.09. The van der Waals surface area contributed by atoms with Crippen LogP contribution in [0.2, 0.25) is 0 Å². The number of thiazole rings is 1. The summed E-state index contributed by atoms with van der Waals surface area (Å²) in [7, 11) is 0. The fraction of sp³-hybridized carbons (Fsp3) is 0.296. The summed E-state index contributed by atoms with van der Waals surface area (Å²) < 4.78 is 18.8. The van der Waals surface area contributed by atoms with Crippen molar-refractivity contribution < 1.29 is 29.0 Å². The zero-order valence-corrected chi connectivity index (χ0v) is 25.1. The first-order valence-corrected chi connectivity index (χ1v) is 14.3. The molecular formula is C27H26IN3O8S. The van der Waals surface area contributed by atoms with Gasteiger partial charge < -0.3 is 19.3 Å². The molecule has 1 aliphatic heterocycles. The van der Waals surface area contributed by atoms with Crippen molar-refractivity contribution in [3.63, 3.8) is 0 Å². The SMILES string of the molecule is CCOC(=O)C1=C(C)N=c2s/c(=C\c3cc(I)c(O)c([N+](=O)[O-])c3)c(=O)n2[C@H]1c1ccc(OCC)c(OCC)c1. The number of nitro benzene ring substituents is 1. The second-order valence-electron chi connectivity index (χ2n) is 8.50. The minimum absolute atomic E-state index is 0.137. The van der Waals surface area contributed by atoms with Gasteiger partial charge in [-0.15, -0.1) is 0 Å². The molecule has 0 radical (unpaired) electrons. The van der Waals surface area contributed by atoms with Crippen LogP contribution < -0.4 is 24.4 Å². The molecule has 0 bridgehead atoms. The number of nitro groups is 1. The number of aromatic hydroxyl groups is 1. The van der Waals surface area contributed by atoms with E-state index in [-0.39, 0.29) is 20.3 Å². The van der Waals surface area contributed by atoms with E-state index in [0.717, 1.165) is 11.3 Å². The third kappa shape index (κ3) is 5.61. The van der Waals surface area contributed by atoms with Gasteiger partial charge in [0.05, 0.1) is 50.2 Å². The molecule has 1 aliphatic rings. The lowest BCUT2D eigenvalue weighted by Crippen LogP contribution is -2.40. The van der Waals surface area contributed by atoms with Gasteiger partial charge in [0.2, 0.25) is 5.75 Å². The molecule has 0 aliphatic carbocycles. The molecule has 210 valence electrons. The van der Waals surface area contributed by atoms with Crippen LogP contribution in [0.1, 0.15) is 44.9 Å². The largest absolute Gasteiger partial charge is 0.501 e. The maximum Gasteiger partial charge on any atom is 0.338 e. The molecular weight excluding hydrogens is 653 g/mol. The van der Waals surface area contributed by atoms with Crippen LogP contribution in [0, 0.1) is 13.7 Å². The molecule has 0 saturated heterocycles. The molecule has 40 heavy (non-hydrogen) atoms. The molecule has 2 aromatic carbocycles. The zero-order valence-electron chi connectivity index (χ0n) is 22.1. The standard InChI is InChI=1S/C27H26IN3O8S/c1-5-37-19-9-8-16(13-20(19)38-6-2)23-22(26(34)39-7-3)14(4)29-27-30(23)25(33)21(40-27)12-15-10-17(28)24(32)18(11-15)31(35)36/h8-13,23,32H,5-7H2,1-4H3/b21-12-/t23-/m0/s1. The van der Waals surface area contributed by atoms with Gasteiger partial charge in [-0.1, -0.05) is 17.4 Å². The first-order chi connectivity index (χ1) is 19.1. The topological polar surface area (TPSA) is 142 Å². The Bertz CT molecular complexity index is 1710. The highest BCUT2D eigenvalue weighted by molar-refractivity contribution is 14.1. The Kier molecular flexibility index (Phi) is 8.93. The van der Waals surface area contributed by atoms with Crippen molar-refractivity contribution in [1.29, 1.82) is 0 Å². The monoisotopic (exact) mass is 679 g/mol. The van der Waals surface area contributed by atoms with Crippen molar-refractivity contribution in [2.75, 3.05) is 19.8 Å². The summed E-state index contributed by atoms with van der Waals surface area (Å²) in [5.41, 5.74) is 0.645. The van der Waals surface area contributed by atoms with Crippen molar-refractivity contribution in [3.8, 4) is 17.2 Å². The molecule has 3 aromatic rings. The highest BCUT2D eigenvalue weighted by Crippen LogP contribution is 2.36. The number of rotatable bonds is 9. The van der Waals surface area contributed by atoms with Crippen molar-refractivity contribution in [3.05, 3.63) is 86.1 Å². The predicted octanol–water partition coefficient (Wildman–Crippen LogP) is 3.81. The van der Waals surface area contributed by atoms with Crippen LogP contribution in [0.25, 0.3) is 6.08 Å². The number of hydrogen-bond donors (Lipinski definition) is 1. The number of halogens is 1. The van der Waals surface area contributed by atoms with Crippen molar-refractivity contribution in [1.82, 2.24) is 4.57 Å². The third-order valence-corrected chi connectivity index (χ3v) is 7.77. The second kappa shape index (κ2) is 12.2. The molecule has 0 saturated carbocycles. The van der Waals surface area contributed by atoms with Gasteiger partial charge in [-0.25, -0.2) is 9.79 Å². The second-order valence-corrected chi connectivity index (χ2v) is 10.7. The van der Waals surface area contributed by atoms with Crippen molar-refractivity contribution in [2.24, 2.45) is 4.99 Å². The molecule has 0 amide bonds. The molecule has 0 fully saturated rings. The molecule has 13 heteroatoms. The van der Waals surface area contributed by atoms with E-state index < -0.39 is 33.9 Å². The van der Waals surface area contributed by atoms with Crippen LogP contribution in [-0.4, -0.2) is 40.4 Å². The van der Waals surface area contributed by atoms with Crippen LogP contribution in [0.4, 0.5) is 5.69 Å². The van der Waals surface area contributed by atoms with Gasteiger partial charge in [0.25, 0.3) is 5.56 Å². The Morgan fingerprint density at radius 1 is 1.18 bits per heavy atom. The predicted molar refractivity (Wildman–Crippen MR) is 157 cm³/mol. The van der Waals surface area contributed by atoms with Crippen LogP contribution >= 0.6 is 33.9 Å². The van der Waals surface area contributed by atoms with Crippen LogP contribution in [0.3, 0.4) is 0 Å². The number of hydrogen-bond acceptors (Lipinski definition) is 10. The van der Waals surface area contributed by atoms with E-state index in [1.807, 2.05) is 13.8 Å². The fourth-order valence-electron chi connectivity index (χ4n) is 4.32. The van der Waals surface area contributed by atoms with E-state index in [2.05, 4.69) is 4.99 Å². The first-order valence-electron chi connectivity index (χ1n) is 12.4. The number of phenols is 1. The lowest BCUT2D eigenvalue weighted by atomic mass is 9.95. The molecule has 11 nitrogen and oxygen atoms in total. The highest BCUT2D eigenvalue weighted by atomic mass is 127. The van der Waals surface area contributed by atoms with Gasteiger partial charge in [-0.2, -0.15) is 0 Å². The van der Waals surface area contributed by atoms with E-state index in [1.165, 1.54) is 22.8 Å². The Morgan fingerprint density at radius 2 is 1.88 bits per heavy atom. The maximum absolute atomic E-state index is 13.9. The number of benzene rings is 2. The fourth-order valence-corrected chi connectivity index (χ4v) is 6.01. The number of aromatic nitrogens is 1. The van der Waals surface area contributed by atoms with Crippen molar-refractivity contribution >= 4 is 51.7 Å². The van der Waals surface area contributed by atoms with Gasteiger partial charge in [-0.3, -0.25) is 19.5 Å². The number of phenolic OH excluding ortho intramolecular Hbond substituents is 1. The minimum atomic E-state index is -0.873. The quantitative estimate of drug-likeness (QED) is 0.156. The summed E-state index contributed by atoms with van der Waals surface area (Å²) in [5.74, 6) is -0.0478. The number of fused-ring (bicyclic) bond motifs is 1. The Balaban J connectivity index is 1.97. The number of nitrogens with zero attached hydrogens (tertiary/aromatic N) is 3. The summed E-state index contributed by atoms with van der Waals surface area (Å²) in [5, 5.41) is 21.5. The molecule has 1 aromatic heterocycles. The van der Waals surface area contributed by atoms with Gasteiger partial charge in [-0.05, 0) is 85.7 Å². The third-order valence-electron chi connectivity index (χ3n) is 5.96. The normalized spacial score (nSPS) is 14.9. The molecule has 1 N–H and O–H groups in total. The zero-order chi connectivity index (χ0) is 29.1. The summed E-state index contributed by atoms with van der Waals surface area (Å²) >= 11 is 2.88. The number of esters is 1. The summed E-state index contributed by atoms with van der Waals surface area (Å²) in [6.45, 7) is 8.02. The smallest absolute Gasteiger partial charge is 0.338 e. The average molecular weight is 679 g/mol. The van der Waals surface area contributed by atoms with Gasteiger partial charge in [0.1, 0.15) is 0 Å². The Morgan fingerprint density at radius 3 is 2.52 bits per heavy atom. The highest BCUT2D eigenvalue weighted by Gasteiger charge is 2.34. The van der Waals surface area contributed by atoms with Gasteiger partial charge in [0, 0.05) is 6.07 Å². The van der Waals surface area contributed by atoms with Crippen LogP contribution in [0.15, 0.2) is 51.4 Å². The summed E-state index contributed by atoms with van der Waals surface area (Å²) in [4.78, 5) is 42.6. The average Bonchev–Trinajstić information content (AvgIpc) is 3.20. The molecule has 4 rings (SSSR count). The number of carbonyl (C=O) groups excluding carboxylic acids is 1. The Hall–Kier alpha value is -3.72. The lowest BCUT2D eigenvalue weighted by molar-refractivity contribution is -0.386. The van der Waals surface area contributed by atoms with E-state index in [0.29, 0.717) is 46.3 Å². The first kappa shape index (κ1) is 29.3. The Labute approximate surface area is 246 Å². The van der Waals surface area contributed by atoms with E-state index in [4.69, 9.17) is 14.2 Å². The van der Waals surface area contributed by atoms with E-state index >= 15 is 0 Å². The van der Waals surface area contributed by atoms with Crippen LogP contribution in [0.5, 0.6) is 17.2 Å². The molecule has 0 spiro atoms. The van der Waals surface area contributed by atoms with E-state index in [1.54, 1.807) is 54.6 Å². The van der Waals surface area contributed by atoms with Gasteiger partial charge in [0.15, 0.2) is 16.3 Å². The minimum Gasteiger partial charge on any atom is -0.501 e. The number of ether oxygens (including phenoxy) is 3. The molecule has 0 unspecified atom stereocenters. The lowest BCUT2D eigenvalue weighted by Gasteiger charge is -2.25. The number of allylic oxidation sites excluding steroid dienone is 1. The molecule has 2 heterocycles. The van der Waals surface area contributed by atoms with Crippen LogP contribution in [-0.2, 0) is 9.53 Å². The summed E-state index contributed by atoms with van der Waals surface area (Å²) in [6.07, 6.45) is 1.50.